The van der Waals surface area contributed by atoms with E-state index >= 15 is 0 Å². The van der Waals surface area contributed by atoms with Gasteiger partial charge in [-0.05, 0) is 11.6 Å². The smallest absolute Gasteiger partial charge is 0.137 e. The second-order valence-corrected chi connectivity index (χ2v) is 3.79. The Bertz CT molecular complexity index is 625. The molecule has 0 fully saturated rings. The van der Waals surface area contributed by atoms with Gasteiger partial charge in [0.05, 0.1) is 11.0 Å². The van der Waals surface area contributed by atoms with Gasteiger partial charge in [-0.15, -0.1) is 0 Å². The summed E-state index contributed by atoms with van der Waals surface area (Å²) in [6, 6.07) is 5.96. The van der Waals surface area contributed by atoms with Crippen molar-refractivity contribution in [3.63, 3.8) is 0 Å². The van der Waals surface area contributed by atoms with E-state index in [1.54, 1.807) is 11.0 Å². The Balaban J connectivity index is 2.02. The second-order valence-electron chi connectivity index (χ2n) is 3.79. The third-order valence-corrected chi connectivity index (χ3v) is 2.64. The van der Waals surface area contributed by atoms with Gasteiger partial charge in [0.1, 0.15) is 25.0 Å². The summed E-state index contributed by atoms with van der Waals surface area (Å²) >= 11 is 0. The molecule has 0 aliphatic carbocycles. The number of nitrogens with two attached hydrogens (primary N) is 1. The molecule has 6 heteroatoms. The van der Waals surface area contributed by atoms with Crippen LogP contribution in [-0.4, -0.2) is 24.7 Å². The van der Waals surface area contributed by atoms with Gasteiger partial charge in [-0.1, -0.05) is 12.1 Å². The van der Waals surface area contributed by atoms with Gasteiger partial charge in [-0.3, -0.25) is 0 Å². The molecular weight excluding hydrogens is 216 g/mol. The lowest BCUT2D eigenvalue weighted by Crippen LogP contribution is -2.01. The Hall–Kier alpha value is -2.21. The number of H-pyrrole nitrogens is 1. The maximum absolute atomic E-state index is 5.68. The lowest BCUT2D eigenvalue weighted by Gasteiger charge is -1.95. The monoisotopic (exact) mass is 228 g/mol. The first-order chi connectivity index (χ1) is 8.36. The highest BCUT2D eigenvalue weighted by atomic mass is 15.3. The molecule has 0 amide bonds. The Kier molecular flexibility index (Phi) is 2.34. The van der Waals surface area contributed by atoms with Gasteiger partial charge in [0.15, 0.2) is 0 Å². The largest absolute Gasteiger partial charge is 0.340 e. The summed E-state index contributed by atoms with van der Waals surface area (Å²) in [4.78, 5) is 11.7. The minimum atomic E-state index is 0.491. The van der Waals surface area contributed by atoms with Gasteiger partial charge in [0.25, 0.3) is 0 Å². The molecule has 0 saturated carbocycles. The number of para-hydroxylation sites is 1. The number of hydrogen-bond donors (Lipinski definition) is 2. The zero-order valence-corrected chi connectivity index (χ0v) is 9.17. The number of aromatic amines is 1. The lowest BCUT2D eigenvalue weighted by molar-refractivity contribution is 0.661. The van der Waals surface area contributed by atoms with Gasteiger partial charge >= 0.3 is 0 Å². The van der Waals surface area contributed by atoms with Crippen LogP contribution < -0.4 is 5.73 Å². The number of hydrogen-bond acceptors (Lipinski definition) is 4. The fraction of sp³-hybridized carbons (Fsp3) is 0.182. The van der Waals surface area contributed by atoms with Crippen molar-refractivity contribution in [3.05, 3.63) is 42.2 Å². The molecule has 3 N–H and O–H groups in total. The van der Waals surface area contributed by atoms with E-state index < -0.39 is 0 Å². The van der Waals surface area contributed by atoms with E-state index in [4.69, 9.17) is 5.73 Å². The van der Waals surface area contributed by atoms with Crippen molar-refractivity contribution in [2.75, 3.05) is 0 Å². The molecule has 0 aliphatic heterocycles. The summed E-state index contributed by atoms with van der Waals surface area (Å²) in [6.07, 6.45) is 3.17. The fourth-order valence-corrected chi connectivity index (χ4v) is 1.85. The molecule has 0 atom stereocenters. The molecule has 3 rings (SSSR count). The van der Waals surface area contributed by atoms with Crippen molar-refractivity contribution in [2.24, 2.45) is 5.73 Å². The highest BCUT2D eigenvalue weighted by Gasteiger charge is 2.06. The molecule has 6 nitrogen and oxygen atoms in total. The second kappa shape index (κ2) is 3.99. The number of aromatic nitrogens is 5. The minimum Gasteiger partial charge on any atom is -0.340 e. The third-order valence-electron chi connectivity index (χ3n) is 2.64. The van der Waals surface area contributed by atoms with Crippen LogP contribution in [0.2, 0.25) is 0 Å². The molecular formula is C11H12N6. The Morgan fingerprint density at radius 2 is 2.29 bits per heavy atom. The molecule has 17 heavy (non-hydrogen) atoms. The van der Waals surface area contributed by atoms with Crippen LogP contribution in [-0.2, 0) is 13.1 Å². The van der Waals surface area contributed by atoms with Crippen LogP contribution in [0.4, 0.5) is 0 Å². The average Bonchev–Trinajstić information content (AvgIpc) is 2.97. The van der Waals surface area contributed by atoms with Gasteiger partial charge < -0.3 is 10.7 Å². The van der Waals surface area contributed by atoms with Crippen LogP contribution >= 0.6 is 0 Å². The molecule has 0 radical (unpaired) electrons. The molecule has 1 aromatic carbocycles. The summed E-state index contributed by atoms with van der Waals surface area (Å²) in [5.41, 5.74) is 8.66. The number of imidazole rings is 1. The van der Waals surface area contributed by atoms with Crippen LogP contribution in [0.25, 0.3) is 11.0 Å². The molecule has 0 unspecified atom stereocenters. The fourth-order valence-electron chi connectivity index (χ4n) is 1.85. The van der Waals surface area contributed by atoms with E-state index in [-0.39, 0.29) is 0 Å². The van der Waals surface area contributed by atoms with Crippen LogP contribution in [0.1, 0.15) is 11.4 Å². The van der Waals surface area contributed by atoms with Crippen molar-refractivity contribution in [2.45, 2.75) is 13.1 Å². The maximum atomic E-state index is 5.68. The van der Waals surface area contributed by atoms with Crippen molar-refractivity contribution < 1.29 is 0 Å². The average molecular weight is 228 g/mol. The Morgan fingerprint density at radius 3 is 3.06 bits per heavy atom. The van der Waals surface area contributed by atoms with Crippen LogP contribution in [0.15, 0.2) is 30.9 Å². The van der Waals surface area contributed by atoms with Gasteiger partial charge in [0, 0.05) is 6.54 Å². The predicted octanol–water partition coefficient (Wildman–Crippen LogP) is 0.661. The zero-order chi connectivity index (χ0) is 11.7. The Morgan fingerprint density at radius 1 is 1.35 bits per heavy atom. The molecule has 0 saturated heterocycles. The minimum absolute atomic E-state index is 0.491. The number of fused-ring (bicyclic) bond motifs is 1. The Labute approximate surface area is 97.5 Å². The molecule has 3 aromatic rings. The summed E-state index contributed by atoms with van der Waals surface area (Å²) in [6.45, 7) is 1.07. The molecule has 0 bridgehead atoms. The van der Waals surface area contributed by atoms with Crippen molar-refractivity contribution in [1.82, 2.24) is 24.7 Å². The summed E-state index contributed by atoms with van der Waals surface area (Å²) in [7, 11) is 0. The molecule has 0 aliphatic rings. The topological polar surface area (TPSA) is 85.4 Å². The highest BCUT2D eigenvalue weighted by molar-refractivity contribution is 5.78. The first-order valence-corrected chi connectivity index (χ1v) is 5.36. The van der Waals surface area contributed by atoms with Gasteiger partial charge in [-0.25, -0.2) is 14.6 Å². The molecule has 2 aromatic heterocycles. The van der Waals surface area contributed by atoms with Crippen LogP contribution in [0.3, 0.4) is 0 Å². The van der Waals surface area contributed by atoms with Crippen LogP contribution in [0, 0.1) is 0 Å². The van der Waals surface area contributed by atoms with E-state index in [1.807, 2.05) is 18.2 Å². The molecule has 0 spiro atoms. The normalized spacial score (nSPS) is 11.1. The first kappa shape index (κ1) is 9.98. The van der Waals surface area contributed by atoms with E-state index in [1.165, 1.54) is 6.33 Å². The number of nitrogens with one attached hydrogen (secondary N) is 1. The van der Waals surface area contributed by atoms with Crippen LogP contribution in [0.5, 0.6) is 0 Å². The lowest BCUT2D eigenvalue weighted by atomic mass is 10.2. The standard InChI is InChI=1S/C11H12N6/c12-4-8-2-1-3-9-11(8)16-10(15-9)5-17-7-13-6-14-17/h1-3,6-7H,4-5,12H2,(H,15,16). The van der Waals surface area contributed by atoms with E-state index in [0.29, 0.717) is 13.1 Å². The van der Waals surface area contributed by atoms with E-state index in [9.17, 15) is 0 Å². The highest BCUT2D eigenvalue weighted by Crippen LogP contribution is 2.16. The summed E-state index contributed by atoms with van der Waals surface area (Å²) in [5, 5.41) is 4.05. The maximum Gasteiger partial charge on any atom is 0.137 e. The summed E-state index contributed by atoms with van der Waals surface area (Å²) < 4.78 is 1.72. The zero-order valence-electron chi connectivity index (χ0n) is 9.17. The molecule has 86 valence electrons. The van der Waals surface area contributed by atoms with E-state index in [0.717, 1.165) is 22.4 Å². The number of nitrogens with zero attached hydrogens (tertiary/aromatic N) is 4. The van der Waals surface area contributed by atoms with E-state index in [2.05, 4.69) is 20.1 Å². The van der Waals surface area contributed by atoms with Crippen molar-refractivity contribution in [1.29, 1.82) is 0 Å². The number of rotatable bonds is 3. The number of benzene rings is 1. The SMILES string of the molecule is NCc1cccc2[nH]c(Cn3cncn3)nc12. The van der Waals surface area contributed by atoms with Crippen molar-refractivity contribution in [3.8, 4) is 0 Å². The molecule has 2 heterocycles. The quantitative estimate of drug-likeness (QED) is 0.689. The summed E-state index contributed by atoms with van der Waals surface area (Å²) in [5.74, 6) is 0.853. The first-order valence-electron chi connectivity index (χ1n) is 5.36. The van der Waals surface area contributed by atoms with Gasteiger partial charge in [0.2, 0.25) is 0 Å². The van der Waals surface area contributed by atoms with Crippen molar-refractivity contribution >= 4 is 11.0 Å². The predicted molar refractivity (Wildman–Crippen MR) is 63.1 cm³/mol. The third kappa shape index (κ3) is 1.78. The van der Waals surface area contributed by atoms with Gasteiger partial charge in [-0.2, -0.15) is 5.10 Å².